The third-order valence-electron chi connectivity index (χ3n) is 5.05. The van der Waals surface area contributed by atoms with Gasteiger partial charge >= 0.3 is 6.36 Å². The topological polar surface area (TPSA) is 92.5 Å². The molecule has 0 radical (unpaired) electrons. The number of fused-ring (bicyclic) bond motifs is 1. The number of aromatic nitrogens is 1. The highest BCUT2D eigenvalue weighted by atomic mass is 32.2. The van der Waals surface area contributed by atoms with Crippen LogP contribution in [0.15, 0.2) is 36.4 Å². The molecule has 4 rings (SSSR count). The summed E-state index contributed by atoms with van der Waals surface area (Å²) in [5.41, 5.74) is 2.95. The Morgan fingerprint density at radius 2 is 1.97 bits per heavy atom. The Morgan fingerprint density at radius 1 is 1.26 bits per heavy atom. The predicted octanol–water partition coefficient (Wildman–Crippen LogP) is 4.66. The van der Waals surface area contributed by atoms with Crippen molar-refractivity contribution in [2.24, 2.45) is 0 Å². The molecule has 3 N–H and O–H groups in total. The first-order valence-corrected chi connectivity index (χ1v) is 10.4. The van der Waals surface area contributed by atoms with Gasteiger partial charge < -0.3 is 19.9 Å². The zero-order chi connectivity index (χ0) is 22.4. The second kappa shape index (κ2) is 7.67. The highest BCUT2D eigenvalue weighted by Gasteiger charge is 2.38. The largest absolute Gasteiger partial charge is 0.573 e. The molecule has 0 saturated carbocycles. The third-order valence-corrected chi connectivity index (χ3v) is 6.20. The number of nitrogens with zero attached hydrogens (tertiary/aromatic N) is 2. The van der Waals surface area contributed by atoms with Gasteiger partial charge in [0.15, 0.2) is 0 Å². The molecular weight excluding hydrogens is 431 g/mol. The molecule has 10 heteroatoms. The summed E-state index contributed by atoms with van der Waals surface area (Å²) in [4.78, 5) is 3.05. The van der Waals surface area contributed by atoms with Crippen molar-refractivity contribution in [3.63, 3.8) is 0 Å². The zero-order valence-electron chi connectivity index (χ0n) is 16.3. The first kappa shape index (κ1) is 21.4. The molecule has 0 unspecified atom stereocenters. The Labute approximate surface area is 180 Å². The van der Waals surface area contributed by atoms with Gasteiger partial charge in [0.1, 0.15) is 11.8 Å². The minimum Gasteiger partial charge on any atom is -0.406 e. The second-order valence-corrected chi connectivity index (χ2v) is 8.12. The van der Waals surface area contributed by atoms with Crippen LogP contribution in [-0.2, 0) is 6.42 Å². The standard InChI is InChI=1S/C21H18F3N3O3S/c1-2-12-9-15(30-21(22,23)24)10-17-18(12)16(11-25)19(26-17)13-3-5-14(6-4-13)27-20(28,29)7-8-31-27/h3-6,9-10,26,28-29H,2,7-8H2,1H3. The molecule has 162 valence electrons. The quantitative estimate of drug-likeness (QED) is 0.396. The predicted molar refractivity (Wildman–Crippen MR) is 111 cm³/mol. The lowest BCUT2D eigenvalue weighted by Crippen LogP contribution is -2.40. The van der Waals surface area contributed by atoms with E-state index >= 15 is 0 Å². The number of benzene rings is 2. The molecule has 2 aromatic carbocycles. The van der Waals surface area contributed by atoms with Gasteiger partial charge in [-0.2, -0.15) is 5.26 Å². The molecule has 6 nitrogen and oxygen atoms in total. The van der Waals surface area contributed by atoms with Crippen LogP contribution in [0.3, 0.4) is 0 Å². The van der Waals surface area contributed by atoms with E-state index in [0.29, 0.717) is 51.1 Å². The summed E-state index contributed by atoms with van der Waals surface area (Å²) in [6.45, 7) is 1.79. The highest BCUT2D eigenvalue weighted by molar-refractivity contribution is 8.00. The van der Waals surface area contributed by atoms with Crippen molar-refractivity contribution in [3.05, 3.63) is 47.5 Å². The SMILES string of the molecule is CCc1cc(OC(F)(F)F)cc2[nH]c(-c3ccc(N4SCCC4(O)O)cc3)c(C#N)c12. The monoisotopic (exact) mass is 449 g/mol. The number of nitrogens with one attached hydrogen (secondary N) is 1. The fraction of sp³-hybridized carbons (Fsp3) is 0.286. The van der Waals surface area contributed by atoms with Crippen molar-refractivity contribution in [2.75, 3.05) is 10.1 Å². The van der Waals surface area contributed by atoms with Gasteiger partial charge in [-0.3, -0.25) is 4.31 Å². The second-order valence-electron chi connectivity index (χ2n) is 7.09. The number of anilines is 1. The van der Waals surface area contributed by atoms with Gasteiger partial charge in [-0.15, -0.1) is 13.2 Å². The third kappa shape index (κ3) is 4.04. The number of hydrogen-bond acceptors (Lipinski definition) is 6. The highest BCUT2D eigenvalue weighted by Crippen LogP contribution is 2.40. The summed E-state index contributed by atoms with van der Waals surface area (Å²) in [6, 6.07) is 11.5. The van der Waals surface area contributed by atoms with Crippen molar-refractivity contribution in [1.82, 2.24) is 4.98 Å². The fourth-order valence-corrected chi connectivity index (χ4v) is 4.83. The number of aliphatic hydroxyl groups is 2. The number of halogens is 3. The number of ether oxygens (including phenoxy) is 1. The molecule has 1 aliphatic rings. The van der Waals surface area contributed by atoms with Gasteiger partial charge in [0, 0.05) is 23.6 Å². The van der Waals surface area contributed by atoms with Crippen molar-refractivity contribution < 1.29 is 28.1 Å². The van der Waals surface area contributed by atoms with E-state index < -0.39 is 12.3 Å². The number of rotatable bonds is 4. The Balaban J connectivity index is 1.78. The Kier molecular flexibility index (Phi) is 5.29. The molecule has 0 spiro atoms. The van der Waals surface area contributed by atoms with Crippen LogP contribution in [0.4, 0.5) is 18.9 Å². The summed E-state index contributed by atoms with van der Waals surface area (Å²) < 4.78 is 43.5. The number of H-pyrrole nitrogens is 1. The normalized spacial score (nSPS) is 16.0. The van der Waals surface area contributed by atoms with E-state index in [0.717, 1.165) is 0 Å². The average Bonchev–Trinajstić information content (AvgIpc) is 3.25. The van der Waals surface area contributed by atoms with Crippen LogP contribution >= 0.6 is 11.9 Å². The zero-order valence-corrected chi connectivity index (χ0v) is 17.1. The first-order valence-electron chi connectivity index (χ1n) is 9.45. The van der Waals surface area contributed by atoms with Crippen LogP contribution < -0.4 is 9.04 Å². The van der Waals surface area contributed by atoms with Gasteiger partial charge in [-0.1, -0.05) is 19.1 Å². The number of alkyl halides is 3. The van der Waals surface area contributed by atoms with Crippen LogP contribution in [0.1, 0.15) is 24.5 Å². The van der Waals surface area contributed by atoms with Gasteiger partial charge in [0.2, 0.25) is 0 Å². The smallest absolute Gasteiger partial charge is 0.406 e. The molecule has 3 aromatic rings. The molecule has 0 bridgehead atoms. The van der Waals surface area contributed by atoms with Crippen molar-refractivity contribution >= 4 is 28.5 Å². The molecule has 2 heterocycles. The van der Waals surface area contributed by atoms with Crippen molar-refractivity contribution in [2.45, 2.75) is 32.0 Å². The maximum absolute atomic E-state index is 12.7. The van der Waals surface area contributed by atoms with E-state index in [2.05, 4.69) is 15.8 Å². The molecule has 1 saturated heterocycles. The Hall–Kier alpha value is -2.87. The molecule has 1 aliphatic heterocycles. The number of nitriles is 1. The lowest BCUT2D eigenvalue weighted by Gasteiger charge is -2.28. The minimum atomic E-state index is -4.82. The van der Waals surface area contributed by atoms with Crippen LogP contribution in [0, 0.1) is 11.3 Å². The van der Waals surface area contributed by atoms with Crippen LogP contribution in [-0.4, -0.2) is 33.2 Å². The van der Waals surface area contributed by atoms with E-state index in [1.807, 2.05) is 0 Å². The summed E-state index contributed by atoms with van der Waals surface area (Å²) in [5.74, 6) is -1.72. The molecule has 0 aliphatic carbocycles. The number of aromatic amines is 1. The van der Waals surface area contributed by atoms with E-state index in [1.54, 1.807) is 31.2 Å². The maximum Gasteiger partial charge on any atom is 0.573 e. The number of aryl methyl sites for hydroxylation is 1. The summed E-state index contributed by atoms with van der Waals surface area (Å²) >= 11 is 1.29. The maximum atomic E-state index is 12.7. The number of hydrogen-bond donors (Lipinski definition) is 3. The van der Waals surface area contributed by atoms with Crippen molar-refractivity contribution in [1.29, 1.82) is 5.26 Å². The molecule has 0 atom stereocenters. The molecule has 0 amide bonds. The van der Waals surface area contributed by atoms with Crippen molar-refractivity contribution in [3.8, 4) is 23.1 Å². The van der Waals surface area contributed by atoms with Crippen LogP contribution in [0.5, 0.6) is 5.75 Å². The Bertz CT molecular complexity index is 1170. The average molecular weight is 449 g/mol. The summed E-state index contributed by atoms with van der Waals surface area (Å²) in [7, 11) is 0. The lowest BCUT2D eigenvalue weighted by molar-refractivity contribution is -0.274. The lowest BCUT2D eigenvalue weighted by atomic mass is 10.0. The molecule has 1 fully saturated rings. The van der Waals surface area contributed by atoms with E-state index in [-0.39, 0.29) is 12.2 Å². The first-order chi connectivity index (χ1) is 14.6. The van der Waals surface area contributed by atoms with Gasteiger partial charge in [0.25, 0.3) is 5.91 Å². The molecule has 1 aromatic heterocycles. The van der Waals surface area contributed by atoms with Gasteiger partial charge in [0.05, 0.1) is 22.5 Å². The van der Waals surface area contributed by atoms with E-state index in [9.17, 15) is 28.6 Å². The summed E-state index contributed by atoms with van der Waals surface area (Å²) in [6.07, 6.45) is -4.19. The molecular formula is C21H18F3N3O3S. The fourth-order valence-electron chi connectivity index (χ4n) is 3.71. The van der Waals surface area contributed by atoms with Crippen LogP contribution in [0.25, 0.3) is 22.2 Å². The van der Waals surface area contributed by atoms with Gasteiger partial charge in [-0.25, -0.2) is 0 Å². The summed E-state index contributed by atoms with van der Waals surface area (Å²) in [5, 5.41) is 30.4. The van der Waals surface area contributed by atoms with Gasteiger partial charge in [-0.05, 0) is 47.7 Å². The molecule has 31 heavy (non-hydrogen) atoms. The van der Waals surface area contributed by atoms with E-state index in [1.165, 1.54) is 28.4 Å². The van der Waals surface area contributed by atoms with Crippen LogP contribution in [0.2, 0.25) is 0 Å². The van der Waals surface area contributed by atoms with E-state index in [4.69, 9.17) is 0 Å². The minimum absolute atomic E-state index is 0.210. The Morgan fingerprint density at radius 3 is 2.52 bits per heavy atom.